The summed E-state index contributed by atoms with van der Waals surface area (Å²) in [6, 6.07) is 1.15. The Kier molecular flexibility index (Phi) is 4.18. The van der Waals surface area contributed by atoms with Crippen LogP contribution in [0, 0.1) is 5.92 Å². The second-order valence-corrected chi connectivity index (χ2v) is 5.12. The maximum atomic E-state index is 13.3. The molecule has 24 heavy (non-hydrogen) atoms. The van der Waals surface area contributed by atoms with Crippen molar-refractivity contribution < 1.29 is 49.8 Å². The lowest BCUT2D eigenvalue weighted by molar-refractivity contribution is -0.289. The topological polar surface area (TPSA) is 46.5 Å². The molecule has 0 amide bonds. The van der Waals surface area contributed by atoms with Crippen LogP contribution in [0.15, 0.2) is 18.2 Å². The van der Waals surface area contributed by atoms with Crippen molar-refractivity contribution in [3.63, 3.8) is 0 Å². The normalized spacial score (nSPS) is 21.8. The summed E-state index contributed by atoms with van der Waals surface area (Å²) in [5, 5.41) is 8.85. The predicted octanol–water partition coefficient (Wildman–Crippen LogP) is 3.91. The minimum absolute atomic E-state index is 0.293. The van der Waals surface area contributed by atoms with Crippen LogP contribution >= 0.6 is 0 Å². The van der Waals surface area contributed by atoms with E-state index in [9.17, 15) is 39.9 Å². The summed E-state index contributed by atoms with van der Waals surface area (Å²) in [5.74, 6) is -9.89. The molecule has 134 valence electrons. The van der Waals surface area contributed by atoms with Gasteiger partial charge in [-0.3, -0.25) is 4.79 Å². The lowest BCUT2D eigenvalue weighted by Crippen LogP contribution is -2.47. The summed E-state index contributed by atoms with van der Waals surface area (Å²) in [6.45, 7) is 0. The standard InChI is InChI=1S/C13H8F8O3/c14-11(15,13(19,20)21)6-1-2-8-5(3-6)4-7(10(22)23)9(24-8)12(16,17)18/h1-3,7,9H,4H2,(H,22,23). The molecular formula is C13H8F8O3. The SMILES string of the molecule is O=C(O)C1Cc2cc(C(F)(F)C(F)(F)F)ccc2OC1C(F)(F)F. The number of carboxylic acid groups (broad SMARTS) is 1. The van der Waals surface area contributed by atoms with Crippen molar-refractivity contribution >= 4 is 5.97 Å². The van der Waals surface area contributed by atoms with Crippen LogP contribution in [0.2, 0.25) is 0 Å². The van der Waals surface area contributed by atoms with Crippen LogP contribution in [-0.4, -0.2) is 29.5 Å². The second-order valence-electron chi connectivity index (χ2n) is 5.12. The number of aliphatic carboxylic acids is 1. The molecule has 0 saturated heterocycles. The van der Waals surface area contributed by atoms with Gasteiger partial charge in [0.05, 0.1) is 0 Å². The summed E-state index contributed by atoms with van der Waals surface area (Å²) < 4.78 is 107. The Morgan fingerprint density at radius 1 is 1.08 bits per heavy atom. The van der Waals surface area contributed by atoms with E-state index in [0.717, 1.165) is 0 Å². The smallest absolute Gasteiger partial charge is 0.458 e. The molecule has 1 heterocycles. The number of carboxylic acids is 1. The van der Waals surface area contributed by atoms with E-state index in [0.29, 0.717) is 18.2 Å². The Morgan fingerprint density at radius 3 is 2.12 bits per heavy atom. The lowest BCUT2D eigenvalue weighted by Gasteiger charge is -2.33. The Bertz CT molecular complexity index is 650. The van der Waals surface area contributed by atoms with Crippen molar-refractivity contribution in [2.75, 3.05) is 0 Å². The van der Waals surface area contributed by atoms with Crippen LogP contribution in [0.3, 0.4) is 0 Å². The maximum Gasteiger partial charge on any atom is 0.458 e. The summed E-state index contributed by atoms with van der Waals surface area (Å²) in [7, 11) is 0. The monoisotopic (exact) mass is 364 g/mol. The molecule has 0 fully saturated rings. The van der Waals surface area contributed by atoms with Crippen molar-refractivity contribution in [3.05, 3.63) is 29.3 Å². The van der Waals surface area contributed by atoms with Gasteiger partial charge in [0, 0.05) is 5.56 Å². The highest BCUT2D eigenvalue weighted by Gasteiger charge is 2.59. The summed E-state index contributed by atoms with van der Waals surface area (Å²) in [5.41, 5.74) is -1.98. The number of hydrogen-bond acceptors (Lipinski definition) is 2. The summed E-state index contributed by atoms with van der Waals surface area (Å²) >= 11 is 0. The van der Waals surface area contributed by atoms with E-state index < -0.39 is 59.6 Å². The zero-order valence-corrected chi connectivity index (χ0v) is 11.4. The first kappa shape index (κ1) is 18.3. The number of carbonyl (C=O) groups is 1. The minimum Gasteiger partial charge on any atom is -0.481 e. The van der Waals surface area contributed by atoms with E-state index in [4.69, 9.17) is 5.11 Å². The highest BCUT2D eigenvalue weighted by molar-refractivity contribution is 5.72. The number of ether oxygens (including phenoxy) is 1. The molecule has 0 aliphatic carbocycles. The van der Waals surface area contributed by atoms with Crippen molar-refractivity contribution in [2.45, 2.75) is 30.8 Å². The van der Waals surface area contributed by atoms with E-state index in [1.807, 2.05) is 0 Å². The number of halogens is 8. The van der Waals surface area contributed by atoms with Gasteiger partial charge >= 0.3 is 24.2 Å². The number of alkyl halides is 8. The fraction of sp³-hybridized carbons (Fsp3) is 0.462. The molecule has 2 atom stereocenters. The molecular weight excluding hydrogens is 356 g/mol. The highest BCUT2D eigenvalue weighted by atomic mass is 19.4. The third-order valence-corrected chi connectivity index (χ3v) is 3.48. The maximum absolute atomic E-state index is 13.3. The molecule has 1 aromatic carbocycles. The molecule has 1 aliphatic heterocycles. The zero-order chi connectivity index (χ0) is 18.5. The second kappa shape index (κ2) is 5.49. The summed E-state index contributed by atoms with van der Waals surface area (Å²) in [6.07, 6.45) is -14.6. The Hall–Kier alpha value is -2.07. The van der Waals surface area contributed by atoms with Crippen molar-refractivity contribution in [2.24, 2.45) is 5.92 Å². The first-order valence-electron chi connectivity index (χ1n) is 6.29. The van der Waals surface area contributed by atoms with Gasteiger partial charge in [-0.25, -0.2) is 0 Å². The van der Waals surface area contributed by atoms with Crippen LogP contribution in [0.25, 0.3) is 0 Å². The van der Waals surface area contributed by atoms with Gasteiger partial charge in [-0.05, 0) is 30.2 Å². The zero-order valence-electron chi connectivity index (χ0n) is 11.4. The summed E-state index contributed by atoms with van der Waals surface area (Å²) in [4.78, 5) is 11.0. The fourth-order valence-electron chi connectivity index (χ4n) is 2.29. The number of fused-ring (bicyclic) bond motifs is 1. The lowest BCUT2D eigenvalue weighted by atomic mass is 9.88. The van der Waals surface area contributed by atoms with E-state index in [1.165, 1.54) is 0 Å². The molecule has 11 heteroatoms. The average molecular weight is 364 g/mol. The molecule has 2 unspecified atom stereocenters. The van der Waals surface area contributed by atoms with E-state index in [1.54, 1.807) is 0 Å². The van der Waals surface area contributed by atoms with Gasteiger partial charge in [-0.15, -0.1) is 0 Å². The van der Waals surface area contributed by atoms with Crippen molar-refractivity contribution in [3.8, 4) is 5.75 Å². The molecule has 1 aromatic rings. The van der Waals surface area contributed by atoms with Crippen LogP contribution < -0.4 is 4.74 Å². The fourth-order valence-corrected chi connectivity index (χ4v) is 2.29. The molecule has 0 spiro atoms. The first-order valence-corrected chi connectivity index (χ1v) is 6.29. The molecule has 2 rings (SSSR count). The molecule has 0 aromatic heterocycles. The Morgan fingerprint density at radius 2 is 1.67 bits per heavy atom. The third-order valence-electron chi connectivity index (χ3n) is 3.48. The number of hydrogen-bond donors (Lipinski definition) is 1. The van der Waals surface area contributed by atoms with Crippen LogP contribution in [-0.2, 0) is 17.1 Å². The van der Waals surface area contributed by atoms with E-state index in [-0.39, 0.29) is 0 Å². The Labute approximate surface area is 128 Å². The van der Waals surface area contributed by atoms with Gasteiger partial charge in [0.25, 0.3) is 0 Å². The first-order chi connectivity index (χ1) is 10.7. The molecule has 0 bridgehead atoms. The predicted molar refractivity (Wildman–Crippen MR) is 61.7 cm³/mol. The van der Waals surface area contributed by atoms with Gasteiger partial charge < -0.3 is 9.84 Å². The average Bonchev–Trinajstić information content (AvgIpc) is 2.42. The van der Waals surface area contributed by atoms with Gasteiger partial charge in [0.2, 0.25) is 6.10 Å². The third kappa shape index (κ3) is 3.11. The molecule has 1 N–H and O–H groups in total. The van der Waals surface area contributed by atoms with E-state index >= 15 is 0 Å². The van der Waals surface area contributed by atoms with Crippen LogP contribution in [0.1, 0.15) is 11.1 Å². The number of benzene rings is 1. The highest BCUT2D eigenvalue weighted by Crippen LogP contribution is 2.46. The quantitative estimate of drug-likeness (QED) is 0.810. The van der Waals surface area contributed by atoms with Gasteiger partial charge in [-0.1, -0.05) is 0 Å². The van der Waals surface area contributed by atoms with Crippen molar-refractivity contribution in [1.82, 2.24) is 0 Å². The molecule has 3 nitrogen and oxygen atoms in total. The molecule has 0 radical (unpaired) electrons. The van der Waals surface area contributed by atoms with Crippen LogP contribution in [0.5, 0.6) is 5.75 Å². The molecule has 0 saturated carbocycles. The molecule has 1 aliphatic rings. The van der Waals surface area contributed by atoms with E-state index in [2.05, 4.69) is 4.74 Å². The minimum atomic E-state index is -5.91. The number of rotatable bonds is 2. The van der Waals surface area contributed by atoms with Crippen molar-refractivity contribution in [1.29, 1.82) is 0 Å². The van der Waals surface area contributed by atoms with Crippen LogP contribution in [0.4, 0.5) is 35.1 Å². The van der Waals surface area contributed by atoms with Gasteiger partial charge in [0.1, 0.15) is 11.7 Å². The Balaban J connectivity index is 2.46. The van der Waals surface area contributed by atoms with Gasteiger partial charge in [0.15, 0.2) is 0 Å². The largest absolute Gasteiger partial charge is 0.481 e. The van der Waals surface area contributed by atoms with Gasteiger partial charge in [-0.2, -0.15) is 35.1 Å².